The molecule has 0 unspecified atom stereocenters. The lowest BCUT2D eigenvalue weighted by atomic mass is 10.2. The second kappa shape index (κ2) is 6.31. The van der Waals surface area contributed by atoms with Gasteiger partial charge in [-0.3, -0.25) is 0 Å². The van der Waals surface area contributed by atoms with Gasteiger partial charge in [0.25, 0.3) is 0 Å². The predicted octanol–water partition coefficient (Wildman–Crippen LogP) is 2.78. The van der Waals surface area contributed by atoms with Crippen LogP contribution in [0.3, 0.4) is 0 Å². The van der Waals surface area contributed by atoms with Gasteiger partial charge in [0.2, 0.25) is 0 Å². The van der Waals surface area contributed by atoms with Crippen LogP contribution in [-0.4, -0.2) is 25.9 Å². The number of halogens is 3. The van der Waals surface area contributed by atoms with E-state index in [2.05, 4.69) is 0 Å². The normalized spacial score (nSPS) is 11.2. The SMILES string of the molecule is COc1ccc(N)cc1C(=O)OCCCC(F)(F)F. The molecule has 0 heterocycles. The third kappa shape index (κ3) is 5.07. The Morgan fingerprint density at radius 1 is 1.37 bits per heavy atom. The van der Waals surface area contributed by atoms with Gasteiger partial charge in [0, 0.05) is 12.1 Å². The average molecular weight is 277 g/mol. The lowest BCUT2D eigenvalue weighted by molar-refractivity contribution is -0.137. The Balaban J connectivity index is 2.56. The number of nitrogens with two attached hydrogens (primary N) is 1. The summed E-state index contributed by atoms with van der Waals surface area (Å²) in [5.41, 5.74) is 5.95. The van der Waals surface area contributed by atoms with Crippen LogP contribution in [0.25, 0.3) is 0 Å². The molecule has 0 bridgehead atoms. The minimum atomic E-state index is -4.25. The first-order valence-electron chi connectivity index (χ1n) is 5.51. The number of esters is 1. The summed E-state index contributed by atoms with van der Waals surface area (Å²) in [6.45, 7) is -0.309. The molecule has 0 aliphatic rings. The fourth-order valence-corrected chi connectivity index (χ4v) is 1.40. The van der Waals surface area contributed by atoms with Gasteiger partial charge < -0.3 is 15.2 Å². The smallest absolute Gasteiger partial charge is 0.389 e. The highest BCUT2D eigenvalue weighted by atomic mass is 19.4. The van der Waals surface area contributed by atoms with Crippen LogP contribution in [-0.2, 0) is 4.74 Å². The number of anilines is 1. The molecule has 0 saturated carbocycles. The molecule has 0 aliphatic carbocycles. The summed E-state index contributed by atoms with van der Waals surface area (Å²) >= 11 is 0. The highest BCUT2D eigenvalue weighted by Crippen LogP contribution is 2.23. The molecule has 7 heteroatoms. The van der Waals surface area contributed by atoms with Crippen molar-refractivity contribution in [2.24, 2.45) is 0 Å². The van der Waals surface area contributed by atoms with Crippen molar-refractivity contribution in [3.63, 3.8) is 0 Å². The zero-order valence-corrected chi connectivity index (χ0v) is 10.3. The Hall–Kier alpha value is -1.92. The monoisotopic (exact) mass is 277 g/mol. The van der Waals surface area contributed by atoms with Crippen molar-refractivity contribution < 1.29 is 27.4 Å². The Bertz CT molecular complexity index is 446. The van der Waals surface area contributed by atoms with E-state index in [1.54, 1.807) is 6.07 Å². The number of ether oxygens (including phenoxy) is 2. The van der Waals surface area contributed by atoms with Gasteiger partial charge in [-0.05, 0) is 24.6 Å². The van der Waals surface area contributed by atoms with Crippen LogP contribution in [0.1, 0.15) is 23.2 Å². The van der Waals surface area contributed by atoms with Gasteiger partial charge in [-0.25, -0.2) is 4.79 Å². The van der Waals surface area contributed by atoms with Crippen LogP contribution in [0.4, 0.5) is 18.9 Å². The zero-order chi connectivity index (χ0) is 14.5. The maximum Gasteiger partial charge on any atom is 0.389 e. The van der Waals surface area contributed by atoms with E-state index in [1.165, 1.54) is 19.2 Å². The van der Waals surface area contributed by atoms with E-state index in [4.69, 9.17) is 15.2 Å². The standard InChI is InChI=1S/C12H14F3NO3/c1-18-10-4-3-8(16)7-9(10)11(17)19-6-2-5-12(13,14)15/h3-4,7H,2,5-6,16H2,1H3. The molecule has 106 valence electrons. The topological polar surface area (TPSA) is 61.5 Å². The van der Waals surface area contributed by atoms with Crippen molar-refractivity contribution in [3.8, 4) is 5.75 Å². The van der Waals surface area contributed by atoms with Crippen molar-refractivity contribution >= 4 is 11.7 Å². The molecular formula is C12H14F3NO3. The molecule has 0 aromatic heterocycles. The Kier molecular flexibility index (Phi) is 5.02. The van der Waals surface area contributed by atoms with Crippen LogP contribution < -0.4 is 10.5 Å². The van der Waals surface area contributed by atoms with Crippen LogP contribution in [0.15, 0.2) is 18.2 Å². The van der Waals surface area contributed by atoms with Gasteiger partial charge >= 0.3 is 12.1 Å². The van der Waals surface area contributed by atoms with Gasteiger partial charge in [0.1, 0.15) is 11.3 Å². The molecule has 0 radical (unpaired) electrons. The van der Waals surface area contributed by atoms with Crippen LogP contribution in [0.2, 0.25) is 0 Å². The number of hydrogen-bond donors (Lipinski definition) is 1. The Labute approximate surface area is 108 Å². The minimum Gasteiger partial charge on any atom is -0.496 e. The van der Waals surface area contributed by atoms with Gasteiger partial charge in [-0.2, -0.15) is 13.2 Å². The third-order valence-electron chi connectivity index (χ3n) is 2.28. The van der Waals surface area contributed by atoms with Crippen molar-refractivity contribution in [1.29, 1.82) is 0 Å². The van der Waals surface area contributed by atoms with Crippen molar-refractivity contribution in [3.05, 3.63) is 23.8 Å². The van der Waals surface area contributed by atoms with Gasteiger partial charge in [-0.1, -0.05) is 0 Å². The lowest BCUT2D eigenvalue weighted by Crippen LogP contribution is -2.12. The number of benzene rings is 1. The molecule has 19 heavy (non-hydrogen) atoms. The number of nitrogen functional groups attached to an aromatic ring is 1. The first-order chi connectivity index (χ1) is 8.83. The molecule has 0 atom stereocenters. The molecular weight excluding hydrogens is 263 g/mol. The fourth-order valence-electron chi connectivity index (χ4n) is 1.40. The van der Waals surface area contributed by atoms with Crippen LogP contribution in [0.5, 0.6) is 5.75 Å². The molecule has 4 nitrogen and oxygen atoms in total. The van der Waals surface area contributed by atoms with E-state index in [-0.39, 0.29) is 24.3 Å². The van der Waals surface area contributed by atoms with E-state index >= 15 is 0 Å². The second-order valence-corrected chi connectivity index (χ2v) is 3.81. The maximum atomic E-state index is 11.9. The fraction of sp³-hybridized carbons (Fsp3) is 0.417. The summed E-state index contributed by atoms with van der Waals surface area (Å²) in [6.07, 6.45) is -5.52. The molecule has 0 fully saturated rings. The van der Waals surface area contributed by atoms with Crippen LogP contribution in [0, 0.1) is 0 Å². The quantitative estimate of drug-likeness (QED) is 0.510. The summed E-state index contributed by atoms with van der Waals surface area (Å²) < 4.78 is 45.4. The summed E-state index contributed by atoms with van der Waals surface area (Å²) in [5.74, 6) is -0.499. The molecule has 0 aliphatic heterocycles. The van der Waals surface area contributed by atoms with Crippen molar-refractivity contribution in [2.45, 2.75) is 19.0 Å². The Morgan fingerprint density at radius 3 is 2.63 bits per heavy atom. The predicted molar refractivity (Wildman–Crippen MR) is 63.0 cm³/mol. The number of rotatable bonds is 5. The first-order valence-corrected chi connectivity index (χ1v) is 5.51. The summed E-state index contributed by atoms with van der Waals surface area (Å²) in [6, 6.07) is 4.38. The number of methoxy groups -OCH3 is 1. The van der Waals surface area contributed by atoms with Gasteiger partial charge in [-0.15, -0.1) is 0 Å². The molecule has 1 aromatic carbocycles. The number of carbonyl (C=O) groups is 1. The lowest BCUT2D eigenvalue weighted by Gasteiger charge is -2.10. The molecule has 1 rings (SSSR count). The van der Waals surface area contributed by atoms with E-state index < -0.39 is 18.6 Å². The van der Waals surface area contributed by atoms with E-state index in [1.807, 2.05) is 0 Å². The van der Waals surface area contributed by atoms with Gasteiger partial charge in [0.05, 0.1) is 13.7 Å². The highest BCUT2D eigenvalue weighted by Gasteiger charge is 2.26. The summed E-state index contributed by atoms with van der Waals surface area (Å²) in [4.78, 5) is 11.7. The number of hydrogen-bond acceptors (Lipinski definition) is 4. The van der Waals surface area contributed by atoms with Crippen molar-refractivity contribution in [1.82, 2.24) is 0 Å². The van der Waals surface area contributed by atoms with E-state index in [0.717, 1.165) is 0 Å². The molecule has 2 N–H and O–H groups in total. The summed E-state index contributed by atoms with van der Waals surface area (Å²) in [7, 11) is 1.37. The van der Waals surface area contributed by atoms with E-state index in [0.29, 0.717) is 5.69 Å². The van der Waals surface area contributed by atoms with Gasteiger partial charge in [0.15, 0.2) is 0 Å². The minimum absolute atomic E-state index is 0.0921. The maximum absolute atomic E-state index is 11.9. The second-order valence-electron chi connectivity index (χ2n) is 3.81. The molecule has 0 saturated heterocycles. The summed E-state index contributed by atoms with van der Waals surface area (Å²) in [5, 5.41) is 0. The molecule has 0 spiro atoms. The zero-order valence-electron chi connectivity index (χ0n) is 10.3. The third-order valence-corrected chi connectivity index (χ3v) is 2.28. The van der Waals surface area contributed by atoms with E-state index in [9.17, 15) is 18.0 Å². The molecule has 0 amide bonds. The number of carbonyl (C=O) groups excluding carboxylic acids is 1. The largest absolute Gasteiger partial charge is 0.496 e. The van der Waals surface area contributed by atoms with Crippen molar-refractivity contribution in [2.75, 3.05) is 19.5 Å². The highest BCUT2D eigenvalue weighted by molar-refractivity contribution is 5.93. The average Bonchev–Trinajstić information content (AvgIpc) is 2.33. The Morgan fingerprint density at radius 2 is 2.05 bits per heavy atom. The molecule has 1 aromatic rings. The number of alkyl halides is 3. The van der Waals surface area contributed by atoms with Crippen LogP contribution >= 0.6 is 0 Å². The first kappa shape index (κ1) is 15.1.